The molecule has 1 aliphatic heterocycles. The quantitative estimate of drug-likeness (QED) is 0.618. The number of nitrogens with zero attached hydrogens (tertiary/aromatic N) is 2. The van der Waals surface area contributed by atoms with Crippen molar-refractivity contribution in [1.82, 2.24) is 9.21 Å². The molecule has 0 spiro atoms. The Labute approximate surface area is 177 Å². The summed E-state index contributed by atoms with van der Waals surface area (Å²) in [5, 5.41) is 0. The first-order valence-corrected chi connectivity index (χ1v) is 11.5. The summed E-state index contributed by atoms with van der Waals surface area (Å²) in [6, 6.07) is 12.3. The van der Waals surface area contributed by atoms with Gasteiger partial charge < -0.3 is 4.90 Å². The van der Waals surface area contributed by atoms with E-state index in [4.69, 9.17) is 0 Å². The summed E-state index contributed by atoms with van der Waals surface area (Å²) < 4.78 is 41.9. The molecule has 0 N–H and O–H groups in total. The lowest BCUT2D eigenvalue weighted by molar-refractivity contribution is 0.0761. The third-order valence-corrected chi connectivity index (χ3v) is 7.39. The van der Waals surface area contributed by atoms with Crippen LogP contribution < -0.4 is 0 Å². The molecule has 3 rings (SSSR count). The zero-order chi connectivity index (χ0) is 21.7. The normalized spacial score (nSPS) is 17.5. The van der Waals surface area contributed by atoms with Crippen LogP contribution >= 0.6 is 0 Å². The molecule has 1 fully saturated rings. The van der Waals surface area contributed by atoms with Gasteiger partial charge >= 0.3 is 0 Å². The Hall–Kier alpha value is -2.51. The average Bonchev–Trinajstić information content (AvgIpc) is 2.74. The molecule has 7 heteroatoms. The van der Waals surface area contributed by atoms with Crippen molar-refractivity contribution in [2.75, 3.05) is 13.1 Å². The Morgan fingerprint density at radius 2 is 2.00 bits per heavy atom. The minimum Gasteiger partial charge on any atom is -0.331 e. The molecule has 1 unspecified atom stereocenters. The van der Waals surface area contributed by atoms with E-state index in [1.165, 1.54) is 27.4 Å². The van der Waals surface area contributed by atoms with Gasteiger partial charge in [0.15, 0.2) is 0 Å². The van der Waals surface area contributed by atoms with E-state index in [0.29, 0.717) is 12.1 Å². The van der Waals surface area contributed by atoms with Crippen LogP contribution in [-0.4, -0.2) is 42.7 Å². The number of hydrogen-bond donors (Lipinski definition) is 0. The summed E-state index contributed by atoms with van der Waals surface area (Å²) in [5.41, 5.74) is 0.637. The molecule has 0 radical (unpaired) electrons. The van der Waals surface area contributed by atoms with E-state index in [9.17, 15) is 17.6 Å². The molecule has 0 saturated carbocycles. The van der Waals surface area contributed by atoms with E-state index in [1.54, 1.807) is 36.4 Å². The Kier molecular flexibility index (Phi) is 7.05. The van der Waals surface area contributed by atoms with Gasteiger partial charge in [0.2, 0.25) is 10.0 Å². The molecule has 160 valence electrons. The Morgan fingerprint density at radius 1 is 1.23 bits per heavy atom. The SMILES string of the molecule is C=CCN(Cc1ccccc1F)C(=O)c1cccc(S(=O)(=O)N2CCCCC2C)c1. The van der Waals surface area contributed by atoms with Crippen LogP contribution in [0.15, 0.2) is 66.1 Å². The summed E-state index contributed by atoms with van der Waals surface area (Å²) in [6.07, 6.45) is 4.23. The molecule has 1 atom stereocenters. The maximum atomic E-state index is 14.1. The zero-order valence-electron chi connectivity index (χ0n) is 17.1. The van der Waals surface area contributed by atoms with E-state index in [0.717, 1.165) is 19.3 Å². The van der Waals surface area contributed by atoms with Crippen LogP contribution in [0.25, 0.3) is 0 Å². The highest BCUT2D eigenvalue weighted by atomic mass is 32.2. The first kappa shape index (κ1) is 22.2. The van der Waals surface area contributed by atoms with Crippen LogP contribution in [0.5, 0.6) is 0 Å². The van der Waals surface area contributed by atoms with E-state index in [-0.39, 0.29) is 35.5 Å². The zero-order valence-corrected chi connectivity index (χ0v) is 17.9. The molecule has 1 aliphatic rings. The van der Waals surface area contributed by atoms with E-state index >= 15 is 0 Å². The lowest BCUT2D eigenvalue weighted by Crippen LogP contribution is -2.42. The van der Waals surface area contributed by atoms with Crippen LogP contribution in [0.2, 0.25) is 0 Å². The number of amides is 1. The number of sulfonamides is 1. The minimum absolute atomic E-state index is 0.0671. The number of carbonyl (C=O) groups excluding carboxylic acids is 1. The second-order valence-corrected chi connectivity index (χ2v) is 9.44. The maximum absolute atomic E-state index is 14.1. The van der Waals surface area contributed by atoms with Gasteiger partial charge in [0.05, 0.1) is 4.90 Å². The molecule has 2 aromatic rings. The first-order valence-electron chi connectivity index (χ1n) is 10.1. The summed E-state index contributed by atoms with van der Waals surface area (Å²) in [6.45, 7) is 6.35. The highest BCUT2D eigenvalue weighted by Crippen LogP contribution is 2.26. The largest absolute Gasteiger partial charge is 0.331 e. The number of hydrogen-bond acceptors (Lipinski definition) is 3. The van der Waals surface area contributed by atoms with Gasteiger partial charge in [-0.3, -0.25) is 4.79 Å². The van der Waals surface area contributed by atoms with Gasteiger partial charge in [-0.1, -0.05) is 36.8 Å². The molecule has 1 heterocycles. The molecular weight excluding hydrogens is 403 g/mol. The molecule has 5 nitrogen and oxygen atoms in total. The fourth-order valence-electron chi connectivity index (χ4n) is 3.74. The van der Waals surface area contributed by atoms with Crippen molar-refractivity contribution in [2.24, 2.45) is 0 Å². The Bertz CT molecular complexity index is 1020. The lowest BCUT2D eigenvalue weighted by atomic mass is 10.1. The monoisotopic (exact) mass is 430 g/mol. The van der Waals surface area contributed by atoms with Gasteiger partial charge in [0.1, 0.15) is 5.82 Å². The van der Waals surface area contributed by atoms with E-state index < -0.39 is 15.8 Å². The second kappa shape index (κ2) is 9.53. The molecule has 30 heavy (non-hydrogen) atoms. The summed E-state index contributed by atoms with van der Waals surface area (Å²) in [4.78, 5) is 14.7. The fraction of sp³-hybridized carbons (Fsp3) is 0.348. The predicted molar refractivity (Wildman–Crippen MR) is 115 cm³/mol. The third kappa shape index (κ3) is 4.79. The molecule has 2 aromatic carbocycles. The summed E-state index contributed by atoms with van der Waals surface area (Å²) in [5.74, 6) is -0.767. The molecule has 1 saturated heterocycles. The number of rotatable bonds is 7. The molecule has 0 aromatic heterocycles. The highest BCUT2D eigenvalue weighted by Gasteiger charge is 2.31. The van der Waals surface area contributed by atoms with Gasteiger partial charge in [-0.2, -0.15) is 4.31 Å². The Balaban J connectivity index is 1.88. The highest BCUT2D eigenvalue weighted by molar-refractivity contribution is 7.89. The van der Waals surface area contributed by atoms with Gasteiger partial charge in [0.25, 0.3) is 5.91 Å². The molecule has 1 amide bonds. The van der Waals surface area contributed by atoms with Crippen LogP contribution in [0.3, 0.4) is 0 Å². The number of halogens is 1. The average molecular weight is 431 g/mol. The van der Waals surface area contributed by atoms with E-state index in [1.807, 2.05) is 6.92 Å². The fourth-order valence-corrected chi connectivity index (χ4v) is 5.49. The lowest BCUT2D eigenvalue weighted by Gasteiger charge is -2.32. The van der Waals surface area contributed by atoms with Crippen molar-refractivity contribution in [3.63, 3.8) is 0 Å². The van der Waals surface area contributed by atoms with Crippen LogP contribution in [-0.2, 0) is 16.6 Å². The molecule has 0 aliphatic carbocycles. The molecular formula is C23H27FN2O3S. The number of benzene rings is 2. The molecule has 0 bridgehead atoms. The van der Waals surface area contributed by atoms with Crippen molar-refractivity contribution in [3.8, 4) is 0 Å². The predicted octanol–water partition coefficient (Wildman–Crippen LogP) is 4.22. The van der Waals surface area contributed by atoms with E-state index in [2.05, 4.69) is 6.58 Å². The van der Waals surface area contributed by atoms with Crippen molar-refractivity contribution in [2.45, 2.75) is 43.7 Å². The summed E-state index contributed by atoms with van der Waals surface area (Å²) in [7, 11) is -3.69. The first-order chi connectivity index (χ1) is 14.3. The van der Waals surface area contributed by atoms with Crippen molar-refractivity contribution in [3.05, 3.63) is 78.1 Å². The smallest absolute Gasteiger partial charge is 0.254 e. The number of piperidine rings is 1. The van der Waals surface area contributed by atoms with Crippen LogP contribution in [0.1, 0.15) is 42.1 Å². The van der Waals surface area contributed by atoms with Crippen molar-refractivity contribution < 1.29 is 17.6 Å². The van der Waals surface area contributed by atoms with Gasteiger partial charge in [-0.25, -0.2) is 12.8 Å². The third-order valence-electron chi connectivity index (χ3n) is 5.39. The minimum atomic E-state index is -3.69. The Morgan fingerprint density at radius 3 is 2.70 bits per heavy atom. The van der Waals surface area contributed by atoms with Gasteiger partial charge in [-0.15, -0.1) is 6.58 Å². The van der Waals surface area contributed by atoms with Gasteiger partial charge in [-0.05, 0) is 44.0 Å². The number of carbonyl (C=O) groups is 1. The standard InChI is InChI=1S/C23H27FN2O3S/c1-3-14-25(17-20-10-4-5-13-22(20)24)23(27)19-11-8-12-21(16-19)30(28,29)26-15-7-6-9-18(26)2/h3-5,8,10-13,16,18H,1,6-7,9,14-15,17H2,2H3. The van der Waals surface area contributed by atoms with Crippen LogP contribution in [0, 0.1) is 5.82 Å². The second-order valence-electron chi connectivity index (χ2n) is 7.55. The van der Waals surface area contributed by atoms with Crippen molar-refractivity contribution >= 4 is 15.9 Å². The van der Waals surface area contributed by atoms with Gasteiger partial charge in [0, 0.05) is 36.8 Å². The topological polar surface area (TPSA) is 57.7 Å². The maximum Gasteiger partial charge on any atom is 0.254 e. The van der Waals surface area contributed by atoms with Crippen LogP contribution in [0.4, 0.5) is 4.39 Å². The van der Waals surface area contributed by atoms with Crippen molar-refractivity contribution in [1.29, 1.82) is 0 Å². The summed E-state index contributed by atoms with van der Waals surface area (Å²) >= 11 is 0.